The van der Waals surface area contributed by atoms with Crippen LogP contribution in [0.3, 0.4) is 0 Å². The fourth-order valence-electron chi connectivity index (χ4n) is 2.73. The van der Waals surface area contributed by atoms with Crippen molar-refractivity contribution in [2.24, 2.45) is 0 Å². The van der Waals surface area contributed by atoms with Gasteiger partial charge in [0.05, 0.1) is 6.61 Å². The van der Waals surface area contributed by atoms with Crippen LogP contribution < -0.4 is 16.6 Å². The smallest absolute Gasteiger partial charge is 0.330 e. The zero-order valence-electron chi connectivity index (χ0n) is 13.4. The topological polar surface area (TPSA) is 137 Å². The average molecular weight is 341 g/mol. The van der Waals surface area contributed by atoms with Crippen molar-refractivity contribution in [3.8, 4) is 0 Å². The molecule has 24 heavy (non-hydrogen) atoms. The molecule has 0 saturated carbocycles. The summed E-state index contributed by atoms with van der Waals surface area (Å²) in [5.74, 6) is 0. The summed E-state index contributed by atoms with van der Waals surface area (Å²) >= 11 is 0. The maximum absolute atomic E-state index is 12.2. The van der Waals surface area contributed by atoms with Crippen molar-refractivity contribution in [1.29, 1.82) is 0 Å². The Morgan fingerprint density at radius 2 is 2.21 bits per heavy atom. The van der Waals surface area contributed by atoms with Crippen LogP contribution in [0, 0.1) is 0 Å². The Hall–Kier alpha value is -1.78. The summed E-state index contributed by atoms with van der Waals surface area (Å²) in [6.07, 6.45) is -2.04. The number of ether oxygens (including phenoxy) is 1. The number of hydrogen-bond donors (Lipinski definition) is 5. The van der Waals surface area contributed by atoms with Crippen molar-refractivity contribution in [2.75, 3.05) is 19.7 Å². The molecule has 134 valence electrons. The molecule has 1 fully saturated rings. The van der Waals surface area contributed by atoms with Crippen LogP contribution in [0.5, 0.6) is 0 Å². The molecule has 0 aliphatic carbocycles. The monoisotopic (exact) mass is 341 g/mol. The highest BCUT2D eigenvalue weighted by atomic mass is 16.6. The van der Waals surface area contributed by atoms with Crippen LogP contribution >= 0.6 is 0 Å². The van der Waals surface area contributed by atoms with Gasteiger partial charge >= 0.3 is 5.69 Å². The zero-order chi connectivity index (χ0) is 17.9. The third kappa shape index (κ3) is 3.50. The van der Waals surface area contributed by atoms with Gasteiger partial charge < -0.3 is 25.4 Å². The lowest BCUT2D eigenvalue weighted by Crippen LogP contribution is -2.56. The molecule has 2 heterocycles. The molecule has 1 aromatic heterocycles. The van der Waals surface area contributed by atoms with Gasteiger partial charge in [0.1, 0.15) is 18.3 Å². The number of nitrogens with one attached hydrogen (secondary N) is 2. The van der Waals surface area contributed by atoms with Crippen LogP contribution in [0.2, 0.25) is 0 Å². The van der Waals surface area contributed by atoms with Crippen LogP contribution in [0.4, 0.5) is 0 Å². The minimum Gasteiger partial charge on any atom is -0.394 e. The molecule has 9 heteroatoms. The first kappa shape index (κ1) is 18.6. The molecular weight excluding hydrogens is 318 g/mol. The average Bonchev–Trinajstić information content (AvgIpc) is 2.77. The minimum absolute atomic E-state index is 0.0129. The molecule has 1 aromatic rings. The molecule has 1 aliphatic rings. The Balaban J connectivity index is 2.36. The summed E-state index contributed by atoms with van der Waals surface area (Å²) in [5.41, 5.74) is -2.07. The Morgan fingerprint density at radius 1 is 1.50 bits per heavy atom. The third-order valence-electron chi connectivity index (χ3n) is 4.04. The molecular formula is C15H23N3O6. The first-order valence-electron chi connectivity index (χ1n) is 7.64. The van der Waals surface area contributed by atoms with Crippen molar-refractivity contribution in [1.82, 2.24) is 14.9 Å². The van der Waals surface area contributed by atoms with Crippen LogP contribution in [0.25, 0.3) is 0 Å². The summed E-state index contributed by atoms with van der Waals surface area (Å²) in [6.45, 7) is 5.64. The number of rotatable bonds is 7. The molecule has 0 radical (unpaired) electrons. The summed E-state index contributed by atoms with van der Waals surface area (Å²) in [5, 5.41) is 32.9. The van der Waals surface area contributed by atoms with Gasteiger partial charge in [0.25, 0.3) is 5.56 Å². The van der Waals surface area contributed by atoms with Gasteiger partial charge in [-0.25, -0.2) is 4.79 Å². The van der Waals surface area contributed by atoms with Gasteiger partial charge in [-0.1, -0.05) is 5.57 Å². The zero-order valence-corrected chi connectivity index (χ0v) is 13.4. The van der Waals surface area contributed by atoms with Gasteiger partial charge in [0.15, 0.2) is 5.72 Å². The second-order valence-electron chi connectivity index (χ2n) is 5.98. The second kappa shape index (κ2) is 7.41. The van der Waals surface area contributed by atoms with E-state index in [1.165, 1.54) is 6.20 Å². The van der Waals surface area contributed by atoms with E-state index >= 15 is 0 Å². The summed E-state index contributed by atoms with van der Waals surface area (Å²) in [4.78, 5) is 25.5. The predicted octanol–water partition coefficient (Wildman–Crippen LogP) is -2.14. The van der Waals surface area contributed by atoms with Gasteiger partial charge in [-0.05, 0) is 19.9 Å². The van der Waals surface area contributed by atoms with Gasteiger partial charge in [-0.3, -0.25) is 14.3 Å². The molecule has 0 amide bonds. The lowest BCUT2D eigenvalue weighted by molar-refractivity contribution is -0.147. The highest BCUT2D eigenvalue weighted by Gasteiger charge is 2.55. The number of aliphatic hydroxyl groups excluding tert-OH is 3. The normalized spacial score (nSPS) is 29.8. The van der Waals surface area contributed by atoms with E-state index in [4.69, 9.17) is 4.74 Å². The fourth-order valence-corrected chi connectivity index (χ4v) is 2.73. The standard InChI is InChI=1S/C15H23N3O6/c1-9(2)3-5-16-8-15(13(22)12(21)10(7-19)24-15)18-6-4-11(20)17-14(18)23/h4,6,10,12-13,16,19,21-22H,1,3,5,7-8H2,2H3,(H,17,20,23)/t10-,12-,13-,15-/m1/s1. The molecule has 4 atom stereocenters. The van der Waals surface area contributed by atoms with Crippen LogP contribution in [-0.4, -0.2) is 62.9 Å². The molecule has 0 bridgehead atoms. The van der Waals surface area contributed by atoms with Gasteiger partial charge in [0, 0.05) is 18.8 Å². The van der Waals surface area contributed by atoms with Gasteiger partial charge in [0.2, 0.25) is 0 Å². The lowest BCUT2D eigenvalue weighted by atomic mass is 10.0. The molecule has 1 saturated heterocycles. The molecule has 0 aromatic carbocycles. The summed E-state index contributed by atoms with van der Waals surface area (Å²) < 4.78 is 6.66. The molecule has 1 aliphatic heterocycles. The quantitative estimate of drug-likeness (QED) is 0.282. The van der Waals surface area contributed by atoms with Crippen molar-refractivity contribution >= 4 is 0 Å². The lowest BCUT2D eigenvalue weighted by Gasteiger charge is -2.34. The van der Waals surface area contributed by atoms with Crippen LogP contribution in [-0.2, 0) is 10.5 Å². The van der Waals surface area contributed by atoms with E-state index in [1.807, 2.05) is 6.92 Å². The Morgan fingerprint density at radius 3 is 2.75 bits per heavy atom. The number of aliphatic hydroxyl groups is 3. The first-order valence-corrected chi connectivity index (χ1v) is 7.64. The molecule has 9 nitrogen and oxygen atoms in total. The SMILES string of the molecule is C=C(C)CCNC[C@@]1(n2ccc(=O)[nH]c2=O)O[C@H](CO)[C@@H](O)[C@H]1O. The van der Waals surface area contributed by atoms with E-state index in [2.05, 4.69) is 16.9 Å². The number of nitrogens with zero attached hydrogens (tertiary/aromatic N) is 1. The first-order chi connectivity index (χ1) is 11.3. The fraction of sp³-hybridized carbons (Fsp3) is 0.600. The number of aromatic nitrogens is 2. The Labute approximate surface area is 138 Å². The van der Waals surface area contributed by atoms with E-state index in [1.54, 1.807) is 0 Å². The van der Waals surface area contributed by atoms with Crippen LogP contribution in [0.15, 0.2) is 34.0 Å². The maximum Gasteiger partial charge on any atom is 0.330 e. The van der Waals surface area contributed by atoms with E-state index in [0.29, 0.717) is 13.0 Å². The van der Waals surface area contributed by atoms with E-state index in [9.17, 15) is 24.9 Å². The third-order valence-corrected chi connectivity index (χ3v) is 4.04. The van der Waals surface area contributed by atoms with Gasteiger partial charge in [-0.15, -0.1) is 6.58 Å². The number of hydrogen-bond acceptors (Lipinski definition) is 7. The molecule has 0 unspecified atom stereocenters. The highest BCUT2D eigenvalue weighted by Crippen LogP contribution is 2.34. The van der Waals surface area contributed by atoms with Crippen molar-refractivity contribution < 1.29 is 20.1 Å². The Bertz CT molecular complexity index is 699. The van der Waals surface area contributed by atoms with E-state index < -0.39 is 41.9 Å². The predicted molar refractivity (Wildman–Crippen MR) is 85.6 cm³/mol. The maximum atomic E-state index is 12.2. The van der Waals surface area contributed by atoms with Gasteiger partial charge in [-0.2, -0.15) is 0 Å². The highest BCUT2D eigenvalue weighted by molar-refractivity contribution is 5.03. The minimum atomic E-state index is -1.65. The largest absolute Gasteiger partial charge is 0.394 e. The van der Waals surface area contributed by atoms with E-state index in [-0.39, 0.29) is 6.54 Å². The number of aromatic amines is 1. The van der Waals surface area contributed by atoms with Crippen LogP contribution in [0.1, 0.15) is 13.3 Å². The Kier molecular flexibility index (Phi) is 5.73. The molecule has 2 rings (SSSR count). The second-order valence-corrected chi connectivity index (χ2v) is 5.98. The summed E-state index contributed by atoms with van der Waals surface area (Å²) in [7, 11) is 0. The van der Waals surface area contributed by atoms with Crippen molar-refractivity contribution in [3.05, 3.63) is 45.3 Å². The van der Waals surface area contributed by atoms with Crippen molar-refractivity contribution in [3.63, 3.8) is 0 Å². The van der Waals surface area contributed by atoms with E-state index in [0.717, 1.165) is 16.2 Å². The molecule has 5 N–H and O–H groups in total. The van der Waals surface area contributed by atoms with Crippen molar-refractivity contribution in [2.45, 2.75) is 37.4 Å². The molecule has 0 spiro atoms. The number of H-pyrrole nitrogens is 1. The summed E-state index contributed by atoms with van der Waals surface area (Å²) in [6, 6.07) is 1.12.